The number of fused-ring (bicyclic) bond motifs is 1. The second kappa shape index (κ2) is 9.14. The van der Waals surface area contributed by atoms with Crippen LogP contribution in [0.1, 0.15) is 30.1 Å². The van der Waals surface area contributed by atoms with Crippen LogP contribution in [0.5, 0.6) is 0 Å². The number of carboxylic acids is 1. The number of carboxylic acid groups (broad SMARTS) is 1. The van der Waals surface area contributed by atoms with Gasteiger partial charge >= 0.3 is 12.1 Å². The lowest BCUT2D eigenvalue weighted by Gasteiger charge is -2.30. The summed E-state index contributed by atoms with van der Waals surface area (Å²) in [6, 6.07) is 4.13. The normalized spacial score (nSPS) is 16.2. The van der Waals surface area contributed by atoms with Gasteiger partial charge in [-0.05, 0) is 44.5 Å². The number of aromatic nitrogens is 3. The summed E-state index contributed by atoms with van der Waals surface area (Å²) in [5.41, 5.74) is 2.16. The Morgan fingerprint density at radius 3 is 2.52 bits per heavy atom. The molecule has 0 spiro atoms. The van der Waals surface area contributed by atoms with Crippen molar-refractivity contribution in [2.24, 2.45) is 0 Å². The van der Waals surface area contributed by atoms with Gasteiger partial charge in [0.2, 0.25) is 0 Å². The van der Waals surface area contributed by atoms with E-state index < -0.39 is 12.1 Å². The molecule has 2 aromatic rings. The van der Waals surface area contributed by atoms with Crippen molar-refractivity contribution < 1.29 is 27.8 Å². The van der Waals surface area contributed by atoms with Gasteiger partial charge in [-0.1, -0.05) is 6.07 Å². The molecule has 2 aromatic heterocycles. The molecule has 0 unspecified atom stereocenters. The lowest BCUT2D eigenvalue weighted by molar-refractivity contribution is -0.192. The largest absolute Gasteiger partial charge is 0.490 e. The number of pyridine rings is 1. The first kappa shape index (κ1) is 21.1. The molecule has 1 saturated heterocycles. The monoisotopic (exact) mass is 388 g/mol. The van der Waals surface area contributed by atoms with E-state index in [1.54, 1.807) is 7.11 Å². The Balaban J connectivity index is 0.000000321. The predicted molar refractivity (Wildman–Crippen MR) is 91.7 cm³/mol. The number of nitrogens with zero attached hydrogens (tertiary/aromatic N) is 4. The number of rotatable bonds is 4. The summed E-state index contributed by atoms with van der Waals surface area (Å²) < 4.78 is 38.8. The molecule has 0 aliphatic carbocycles. The van der Waals surface area contributed by atoms with E-state index in [1.165, 1.54) is 5.56 Å². The third-order valence-corrected chi connectivity index (χ3v) is 4.30. The van der Waals surface area contributed by atoms with Crippen LogP contribution in [0, 0.1) is 6.92 Å². The maximum atomic E-state index is 10.6. The van der Waals surface area contributed by atoms with E-state index in [1.807, 2.05) is 16.8 Å². The van der Waals surface area contributed by atoms with Crippen LogP contribution in [0.2, 0.25) is 0 Å². The standard InChI is InChI=1S/C15H22N4O.C2HF3O2/c1-12-3-4-14-16-15(17-19(14)11-12)13-5-7-18(8-6-13)9-10-20-2;3-2(4,5)1(6)7/h3-4,11,13H,5-10H2,1-2H3;(H,6,7). The van der Waals surface area contributed by atoms with Crippen molar-refractivity contribution in [2.75, 3.05) is 33.4 Å². The first-order chi connectivity index (χ1) is 12.7. The summed E-state index contributed by atoms with van der Waals surface area (Å²) in [4.78, 5) is 16.0. The number of ether oxygens (including phenoxy) is 1. The van der Waals surface area contributed by atoms with Gasteiger partial charge in [0.1, 0.15) is 0 Å². The summed E-state index contributed by atoms with van der Waals surface area (Å²) in [5.74, 6) is -1.26. The van der Waals surface area contributed by atoms with Crippen LogP contribution in [-0.4, -0.2) is 70.1 Å². The molecule has 1 fully saturated rings. The highest BCUT2D eigenvalue weighted by atomic mass is 19.4. The number of alkyl halides is 3. The molecule has 0 bridgehead atoms. The van der Waals surface area contributed by atoms with E-state index in [2.05, 4.69) is 28.0 Å². The summed E-state index contributed by atoms with van der Waals surface area (Å²) in [5, 5.41) is 11.8. The summed E-state index contributed by atoms with van der Waals surface area (Å²) in [6.07, 6.45) is -0.765. The number of halogens is 3. The molecule has 10 heteroatoms. The molecule has 150 valence electrons. The average molecular weight is 388 g/mol. The number of hydrogen-bond donors (Lipinski definition) is 1. The minimum Gasteiger partial charge on any atom is -0.475 e. The van der Waals surface area contributed by atoms with Crippen molar-refractivity contribution in [3.8, 4) is 0 Å². The quantitative estimate of drug-likeness (QED) is 0.867. The molecule has 0 amide bonds. The van der Waals surface area contributed by atoms with Crippen LogP contribution in [0.3, 0.4) is 0 Å². The van der Waals surface area contributed by atoms with Crippen molar-refractivity contribution in [3.05, 3.63) is 29.7 Å². The van der Waals surface area contributed by atoms with Crippen molar-refractivity contribution in [3.63, 3.8) is 0 Å². The second-order valence-corrected chi connectivity index (χ2v) is 6.39. The first-order valence-corrected chi connectivity index (χ1v) is 8.55. The predicted octanol–water partition coefficient (Wildman–Crippen LogP) is 2.50. The van der Waals surface area contributed by atoms with E-state index in [0.29, 0.717) is 5.92 Å². The third-order valence-electron chi connectivity index (χ3n) is 4.30. The fourth-order valence-electron chi connectivity index (χ4n) is 2.81. The first-order valence-electron chi connectivity index (χ1n) is 8.55. The van der Waals surface area contributed by atoms with E-state index in [4.69, 9.17) is 14.6 Å². The van der Waals surface area contributed by atoms with Crippen molar-refractivity contribution in [1.29, 1.82) is 0 Å². The number of methoxy groups -OCH3 is 1. The highest BCUT2D eigenvalue weighted by molar-refractivity contribution is 5.73. The fourth-order valence-corrected chi connectivity index (χ4v) is 2.81. The second-order valence-electron chi connectivity index (χ2n) is 6.39. The van der Waals surface area contributed by atoms with Crippen LogP contribution >= 0.6 is 0 Å². The minimum absolute atomic E-state index is 0.494. The van der Waals surface area contributed by atoms with Crippen molar-refractivity contribution in [2.45, 2.75) is 31.9 Å². The van der Waals surface area contributed by atoms with E-state index in [9.17, 15) is 13.2 Å². The van der Waals surface area contributed by atoms with Crippen LogP contribution in [0.15, 0.2) is 18.3 Å². The number of hydrogen-bond acceptors (Lipinski definition) is 5. The Morgan fingerprint density at radius 2 is 1.96 bits per heavy atom. The van der Waals surface area contributed by atoms with Gasteiger partial charge in [-0.25, -0.2) is 14.3 Å². The Hall–Kier alpha value is -2.20. The summed E-state index contributed by atoms with van der Waals surface area (Å²) in [6.45, 7) is 6.15. The van der Waals surface area contributed by atoms with Crippen molar-refractivity contribution in [1.82, 2.24) is 19.5 Å². The summed E-state index contributed by atoms with van der Waals surface area (Å²) >= 11 is 0. The average Bonchev–Trinajstić information content (AvgIpc) is 3.03. The molecule has 0 radical (unpaired) electrons. The molecule has 1 aliphatic rings. The maximum absolute atomic E-state index is 10.6. The van der Waals surface area contributed by atoms with Gasteiger partial charge in [0, 0.05) is 25.8 Å². The Bertz CT molecular complexity index is 755. The van der Waals surface area contributed by atoms with Gasteiger partial charge in [-0.3, -0.25) is 0 Å². The lowest BCUT2D eigenvalue weighted by Crippen LogP contribution is -2.35. The van der Waals surface area contributed by atoms with E-state index in [0.717, 1.165) is 50.6 Å². The molecule has 27 heavy (non-hydrogen) atoms. The number of likely N-dealkylation sites (tertiary alicyclic amines) is 1. The molecule has 7 nitrogen and oxygen atoms in total. The van der Waals surface area contributed by atoms with Crippen LogP contribution in [-0.2, 0) is 9.53 Å². The molecule has 3 heterocycles. The molecule has 1 aliphatic heterocycles. The lowest BCUT2D eigenvalue weighted by atomic mass is 9.96. The summed E-state index contributed by atoms with van der Waals surface area (Å²) in [7, 11) is 1.76. The Labute approximate surface area is 154 Å². The highest BCUT2D eigenvalue weighted by Crippen LogP contribution is 2.25. The molecule has 0 saturated carbocycles. The zero-order valence-corrected chi connectivity index (χ0v) is 15.2. The van der Waals surface area contributed by atoms with Crippen LogP contribution in [0.4, 0.5) is 13.2 Å². The van der Waals surface area contributed by atoms with Gasteiger partial charge in [0.05, 0.1) is 6.61 Å². The van der Waals surface area contributed by atoms with Gasteiger partial charge in [-0.2, -0.15) is 18.3 Å². The smallest absolute Gasteiger partial charge is 0.475 e. The fraction of sp³-hybridized carbons (Fsp3) is 0.588. The topological polar surface area (TPSA) is 80.0 Å². The minimum atomic E-state index is -5.08. The number of aliphatic carboxylic acids is 1. The van der Waals surface area contributed by atoms with Gasteiger partial charge in [0.25, 0.3) is 0 Å². The molecular weight excluding hydrogens is 365 g/mol. The van der Waals surface area contributed by atoms with Crippen LogP contribution < -0.4 is 0 Å². The molecule has 1 N–H and O–H groups in total. The molecule has 3 rings (SSSR count). The Morgan fingerprint density at radius 1 is 1.33 bits per heavy atom. The zero-order chi connectivity index (χ0) is 20.0. The zero-order valence-electron chi connectivity index (χ0n) is 15.2. The van der Waals surface area contributed by atoms with Gasteiger partial charge in [-0.15, -0.1) is 0 Å². The van der Waals surface area contributed by atoms with Gasteiger partial charge < -0.3 is 14.7 Å². The highest BCUT2D eigenvalue weighted by Gasteiger charge is 2.38. The molecule has 0 atom stereocenters. The number of piperidine rings is 1. The molecular formula is C17H23F3N4O3. The Kier molecular flexibility index (Phi) is 7.14. The maximum Gasteiger partial charge on any atom is 0.490 e. The molecule has 0 aromatic carbocycles. The van der Waals surface area contributed by atoms with E-state index >= 15 is 0 Å². The van der Waals surface area contributed by atoms with Crippen LogP contribution in [0.25, 0.3) is 5.65 Å². The number of aryl methyl sites for hydroxylation is 1. The van der Waals surface area contributed by atoms with E-state index in [-0.39, 0.29) is 0 Å². The SMILES string of the molecule is COCCN1CCC(c2nc3ccc(C)cn3n2)CC1.O=C(O)C(F)(F)F. The van der Waals surface area contributed by atoms with Gasteiger partial charge in [0.15, 0.2) is 11.5 Å². The van der Waals surface area contributed by atoms with Crippen molar-refractivity contribution >= 4 is 11.6 Å². The third kappa shape index (κ3) is 6.17. The number of carbonyl (C=O) groups is 1.